The molecule has 3 rings (SSSR count). The molecule has 1 saturated carbocycles. The Balaban J connectivity index is 1.79. The van der Waals surface area contributed by atoms with Crippen molar-refractivity contribution in [3.63, 3.8) is 0 Å². The standard InChI is InChI=1S/C16H23N3/c1-2-19-16-9-4-3-8-14(16)15(18-19)11-13(17)10-12-6-5-7-12/h3-4,8-9,12-13H,2,5-7,10-11,17H2,1H3. The molecule has 1 aliphatic carbocycles. The minimum Gasteiger partial charge on any atom is -0.327 e. The van der Waals surface area contributed by atoms with E-state index in [-0.39, 0.29) is 6.04 Å². The summed E-state index contributed by atoms with van der Waals surface area (Å²) in [5.74, 6) is 0.870. The van der Waals surface area contributed by atoms with Crippen molar-refractivity contribution in [3.8, 4) is 0 Å². The summed E-state index contributed by atoms with van der Waals surface area (Å²) in [5.41, 5.74) is 8.71. The van der Waals surface area contributed by atoms with Crippen LogP contribution < -0.4 is 5.73 Å². The molecule has 1 fully saturated rings. The van der Waals surface area contributed by atoms with Crippen LogP contribution in [0.2, 0.25) is 0 Å². The number of aromatic nitrogens is 2. The van der Waals surface area contributed by atoms with Crippen molar-refractivity contribution in [1.82, 2.24) is 9.78 Å². The predicted molar refractivity (Wildman–Crippen MR) is 79.0 cm³/mol. The van der Waals surface area contributed by atoms with Crippen molar-refractivity contribution in [3.05, 3.63) is 30.0 Å². The Morgan fingerprint density at radius 1 is 1.37 bits per heavy atom. The zero-order valence-electron chi connectivity index (χ0n) is 11.7. The largest absolute Gasteiger partial charge is 0.327 e. The summed E-state index contributed by atoms with van der Waals surface area (Å²) in [6.07, 6.45) is 6.21. The second-order valence-electron chi connectivity index (χ2n) is 5.78. The SMILES string of the molecule is CCn1nc(CC(N)CC2CCC2)c2ccccc21. The summed E-state index contributed by atoms with van der Waals surface area (Å²) < 4.78 is 2.08. The number of rotatable bonds is 5. The smallest absolute Gasteiger partial charge is 0.0718 e. The van der Waals surface area contributed by atoms with Crippen LogP contribution in [0.3, 0.4) is 0 Å². The van der Waals surface area contributed by atoms with Crippen molar-refractivity contribution < 1.29 is 0 Å². The van der Waals surface area contributed by atoms with Gasteiger partial charge < -0.3 is 5.73 Å². The highest BCUT2D eigenvalue weighted by atomic mass is 15.3. The van der Waals surface area contributed by atoms with Gasteiger partial charge in [0.05, 0.1) is 11.2 Å². The molecule has 2 N–H and O–H groups in total. The molecule has 0 saturated heterocycles. The summed E-state index contributed by atoms with van der Waals surface area (Å²) in [6.45, 7) is 3.05. The van der Waals surface area contributed by atoms with Crippen LogP contribution in [-0.4, -0.2) is 15.8 Å². The van der Waals surface area contributed by atoms with Crippen molar-refractivity contribution in [2.45, 2.75) is 51.6 Å². The lowest BCUT2D eigenvalue weighted by molar-refractivity contribution is 0.275. The lowest BCUT2D eigenvalue weighted by Crippen LogP contribution is -2.28. The average molecular weight is 257 g/mol. The molecule has 102 valence electrons. The Morgan fingerprint density at radius 3 is 2.84 bits per heavy atom. The average Bonchev–Trinajstić information content (AvgIpc) is 2.73. The van der Waals surface area contributed by atoms with E-state index in [4.69, 9.17) is 10.8 Å². The van der Waals surface area contributed by atoms with Crippen LogP contribution >= 0.6 is 0 Å². The van der Waals surface area contributed by atoms with Crippen LogP contribution in [0.15, 0.2) is 24.3 Å². The molecule has 1 heterocycles. The van der Waals surface area contributed by atoms with Gasteiger partial charge in [0.2, 0.25) is 0 Å². The zero-order chi connectivity index (χ0) is 13.2. The lowest BCUT2D eigenvalue weighted by atomic mass is 9.80. The number of aryl methyl sites for hydroxylation is 1. The highest BCUT2D eigenvalue weighted by molar-refractivity contribution is 5.82. The van der Waals surface area contributed by atoms with Gasteiger partial charge in [-0.3, -0.25) is 4.68 Å². The Hall–Kier alpha value is -1.35. The fourth-order valence-electron chi connectivity index (χ4n) is 3.08. The molecular weight excluding hydrogens is 234 g/mol. The summed E-state index contributed by atoms with van der Waals surface area (Å²) in [4.78, 5) is 0. The monoisotopic (exact) mass is 257 g/mol. The Kier molecular flexibility index (Phi) is 3.56. The lowest BCUT2D eigenvalue weighted by Gasteiger charge is -2.27. The molecule has 0 aliphatic heterocycles. The van der Waals surface area contributed by atoms with E-state index in [2.05, 4.69) is 35.9 Å². The molecule has 1 aromatic heterocycles. The molecule has 19 heavy (non-hydrogen) atoms. The minimum atomic E-state index is 0.258. The normalized spacial score (nSPS) is 17.6. The molecule has 0 amide bonds. The van der Waals surface area contributed by atoms with Gasteiger partial charge in [0.15, 0.2) is 0 Å². The fraction of sp³-hybridized carbons (Fsp3) is 0.562. The highest BCUT2D eigenvalue weighted by Crippen LogP contribution is 2.31. The van der Waals surface area contributed by atoms with E-state index in [9.17, 15) is 0 Å². The number of benzene rings is 1. The third-order valence-electron chi connectivity index (χ3n) is 4.35. The van der Waals surface area contributed by atoms with Crippen LogP contribution in [0.5, 0.6) is 0 Å². The molecule has 1 unspecified atom stereocenters. The van der Waals surface area contributed by atoms with Crippen LogP contribution in [0.25, 0.3) is 10.9 Å². The van der Waals surface area contributed by atoms with Gasteiger partial charge in [-0.15, -0.1) is 0 Å². The van der Waals surface area contributed by atoms with Crippen LogP contribution in [-0.2, 0) is 13.0 Å². The van der Waals surface area contributed by atoms with Gasteiger partial charge in [-0.1, -0.05) is 37.5 Å². The molecule has 3 heteroatoms. The minimum absolute atomic E-state index is 0.258. The molecule has 2 aromatic rings. The maximum atomic E-state index is 6.31. The zero-order valence-corrected chi connectivity index (χ0v) is 11.7. The van der Waals surface area contributed by atoms with Crippen LogP contribution in [0, 0.1) is 5.92 Å². The van der Waals surface area contributed by atoms with Gasteiger partial charge in [0.25, 0.3) is 0 Å². The van der Waals surface area contributed by atoms with Gasteiger partial charge in [-0.2, -0.15) is 5.10 Å². The van der Waals surface area contributed by atoms with E-state index >= 15 is 0 Å². The van der Waals surface area contributed by atoms with Crippen molar-refractivity contribution >= 4 is 10.9 Å². The first-order valence-corrected chi connectivity index (χ1v) is 7.48. The van der Waals surface area contributed by atoms with Gasteiger partial charge in [0, 0.05) is 24.4 Å². The third-order valence-corrected chi connectivity index (χ3v) is 4.35. The molecule has 0 spiro atoms. The molecule has 1 atom stereocenters. The first kappa shape index (κ1) is 12.7. The summed E-state index contributed by atoms with van der Waals surface area (Å²) in [7, 11) is 0. The number of para-hydroxylation sites is 1. The van der Waals surface area contributed by atoms with Crippen molar-refractivity contribution in [2.24, 2.45) is 11.7 Å². The molecule has 1 aromatic carbocycles. The van der Waals surface area contributed by atoms with E-state index in [1.54, 1.807) is 0 Å². The number of hydrogen-bond donors (Lipinski definition) is 1. The Bertz CT molecular complexity index is 554. The second kappa shape index (κ2) is 5.33. The Labute approximate surface area is 114 Å². The third kappa shape index (κ3) is 2.52. The maximum Gasteiger partial charge on any atom is 0.0718 e. The summed E-state index contributed by atoms with van der Waals surface area (Å²) in [6, 6.07) is 8.74. The van der Waals surface area contributed by atoms with E-state index in [0.29, 0.717) is 0 Å². The van der Waals surface area contributed by atoms with Gasteiger partial charge in [-0.05, 0) is 25.3 Å². The predicted octanol–water partition coefficient (Wildman–Crippen LogP) is 3.12. The number of hydrogen-bond acceptors (Lipinski definition) is 2. The van der Waals surface area contributed by atoms with Gasteiger partial charge >= 0.3 is 0 Å². The summed E-state index contributed by atoms with van der Waals surface area (Å²) in [5, 5.41) is 6.01. The van der Waals surface area contributed by atoms with Gasteiger partial charge in [-0.25, -0.2) is 0 Å². The first-order valence-electron chi connectivity index (χ1n) is 7.48. The molecule has 0 radical (unpaired) electrons. The Morgan fingerprint density at radius 2 is 2.16 bits per heavy atom. The number of nitrogens with two attached hydrogens (primary N) is 1. The van der Waals surface area contributed by atoms with E-state index in [1.165, 1.54) is 35.9 Å². The highest BCUT2D eigenvalue weighted by Gasteiger charge is 2.21. The molecular formula is C16H23N3. The van der Waals surface area contributed by atoms with E-state index < -0.39 is 0 Å². The number of fused-ring (bicyclic) bond motifs is 1. The van der Waals surface area contributed by atoms with Gasteiger partial charge in [0.1, 0.15) is 0 Å². The second-order valence-corrected chi connectivity index (χ2v) is 5.78. The van der Waals surface area contributed by atoms with Crippen molar-refractivity contribution in [1.29, 1.82) is 0 Å². The van der Waals surface area contributed by atoms with E-state index in [0.717, 1.165) is 25.3 Å². The van der Waals surface area contributed by atoms with Crippen molar-refractivity contribution in [2.75, 3.05) is 0 Å². The van der Waals surface area contributed by atoms with Crippen LogP contribution in [0.1, 0.15) is 38.3 Å². The summed E-state index contributed by atoms with van der Waals surface area (Å²) >= 11 is 0. The first-order chi connectivity index (χ1) is 9.28. The fourth-order valence-corrected chi connectivity index (χ4v) is 3.08. The molecule has 0 bridgehead atoms. The topological polar surface area (TPSA) is 43.8 Å². The van der Waals surface area contributed by atoms with Crippen LogP contribution in [0.4, 0.5) is 0 Å². The van der Waals surface area contributed by atoms with E-state index in [1.807, 2.05) is 0 Å². The quantitative estimate of drug-likeness (QED) is 0.894. The number of nitrogens with zero attached hydrogens (tertiary/aromatic N) is 2. The molecule has 1 aliphatic rings. The maximum absolute atomic E-state index is 6.31. The molecule has 3 nitrogen and oxygen atoms in total.